The molecule has 0 aromatic heterocycles. The second-order valence-electron chi connectivity index (χ2n) is 4.92. The van der Waals surface area contributed by atoms with Crippen LogP contribution >= 0.6 is 11.8 Å². The third-order valence-electron chi connectivity index (χ3n) is 3.21. The molecule has 1 N–H and O–H groups in total. The van der Waals surface area contributed by atoms with Gasteiger partial charge in [-0.3, -0.25) is 4.79 Å². The Morgan fingerprint density at radius 2 is 1.87 bits per heavy atom. The number of carbonyl (C=O) groups excluding carboxylic acids is 1. The molecule has 0 heterocycles. The van der Waals surface area contributed by atoms with E-state index in [0.717, 1.165) is 12.1 Å². The standard InChI is InChI=1S/C17H17F2NO2S/c1-11(23-10-12-3-8-15(18)16(19)9-12)17(21)20-13-4-6-14(22-2)7-5-13/h3-9,11H,10H2,1-2H3,(H,20,21). The second kappa shape index (κ2) is 7.97. The lowest BCUT2D eigenvalue weighted by atomic mass is 10.2. The molecule has 23 heavy (non-hydrogen) atoms. The number of methoxy groups -OCH3 is 1. The lowest BCUT2D eigenvalue weighted by molar-refractivity contribution is -0.115. The summed E-state index contributed by atoms with van der Waals surface area (Å²) in [4.78, 5) is 12.1. The van der Waals surface area contributed by atoms with Crippen molar-refractivity contribution in [3.63, 3.8) is 0 Å². The molecule has 2 rings (SSSR count). The average molecular weight is 337 g/mol. The predicted molar refractivity (Wildman–Crippen MR) is 88.7 cm³/mol. The van der Waals surface area contributed by atoms with E-state index in [9.17, 15) is 13.6 Å². The number of amides is 1. The molecule has 0 saturated heterocycles. The van der Waals surface area contributed by atoms with Crippen LogP contribution in [0.4, 0.5) is 14.5 Å². The van der Waals surface area contributed by atoms with Crippen LogP contribution in [-0.4, -0.2) is 18.3 Å². The molecule has 1 unspecified atom stereocenters. The fourth-order valence-electron chi connectivity index (χ4n) is 1.84. The van der Waals surface area contributed by atoms with Crippen LogP contribution in [-0.2, 0) is 10.5 Å². The molecule has 3 nitrogen and oxygen atoms in total. The Hall–Kier alpha value is -2.08. The Bertz CT molecular complexity index is 677. The number of anilines is 1. The zero-order valence-electron chi connectivity index (χ0n) is 12.8. The van der Waals surface area contributed by atoms with Gasteiger partial charge in [0.1, 0.15) is 5.75 Å². The quantitative estimate of drug-likeness (QED) is 0.857. The van der Waals surface area contributed by atoms with Crippen molar-refractivity contribution in [2.45, 2.75) is 17.9 Å². The summed E-state index contributed by atoms with van der Waals surface area (Å²) in [6.45, 7) is 1.77. The molecule has 0 aliphatic rings. The number of nitrogens with one attached hydrogen (secondary N) is 1. The van der Waals surface area contributed by atoms with Crippen LogP contribution in [0.3, 0.4) is 0 Å². The summed E-state index contributed by atoms with van der Waals surface area (Å²) in [5, 5.41) is 2.47. The van der Waals surface area contributed by atoms with Gasteiger partial charge in [0.15, 0.2) is 11.6 Å². The van der Waals surface area contributed by atoms with Crippen molar-refractivity contribution in [3.05, 3.63) is 59.7 Å². The van der Waals surface area contributed by atoms with Crippen molar-refractivity contribution < 1.29 is 18.3 Å². The topological polar surface area (TPSA) is 38.3 Å². The highest BCUT2D eigenvalue weighted by molar-refractivity contribution is 7.99. The predicted octanol–water partition coefficient (Wildman–Crippen LogP) is 4.23. The third kappa shape index (κ3) is 4.96. The number of halogens is 2. The number of benzene rings is 2. The summed E-state index contributed by atoms with van der Waals surface area (Å²) in [6.07, 6.45) is 0. The minimum Gasteiger partial charge on any atom is -0.497 e. The van der Waals surface area contributed by atoms with Gasteiger partial charge in [0.05, 0.1) is 12.4 Å². The van der Waals surface area contributed by atoms with E-state index in [0.29, 0.717) is 22.8 Å². The first kappa shape index (κ1) is 17.3. The molecular weight excluding hydrogens is 320 g/mol. The van der Waals surface area contributed by atoms with Crippen LogP contribution in [0.1, 0.15) is 12.5 Å². The first-order valence-electron chi connectivity index (χ1n) is 7.00. The van der Waals surface area contributed by atoms with E-state index in [-0.39, 0.29) is 11.2 Å². The van der Waals surface area contributed by atoms with Gasteiger partial charge in [-0.1, -0.05) is 6.07 Å². The van der Waals surface area contributed by atoms with Crippen LogP contribution in [0.15, 0.2) is 42.5 Å². The molecule has 2 aromatic carbocycles. The molecule has 0 bridgehead atoms. The van der Waals surface area contributed by atoms with Gasteiger partial charge >= 0.3 is 0 Å². The molecular formula is C17H17F2NO2S. The molecule has 1 atom stereocenters. The third-order valence-corrected chi connectivity index (χ3v) is 4.42. The monoisotopic (exact) mass is 337 g/mol. The number of hydrogen-bond acceptors (Lipinski definition) is 3. The fourth-order valence-corrected chi connectivity index (χ4v) is 2.68. The van der Waals surface area contributed by atoms with Crippen LogP contribution < -0.4 is 10.1 Å². The highest BCUT2D eigenvalue weighted by atomic mass is 32.2. The molecule has 122 valence electrons. The van der Waals surface area contributed by atoms with E-state index in [2.05, 4.69) is 5.32 Å². The van der Waals surface area contributed by atoms with Gasteiger partial charge in [0.2, 0.25) is 5.91 Å². The van der Waals surface area contributed by atoms with Gasteiger partial charge in [-0.05, 0) is 48.9 Å². The smallest absolute Gasteiger partial charge is 0.237 e. The highest BCUT2D eigenvalue weighted by Gasteiger charge is 2.14. The molecule has 0 spiro atoms. The van der Waals surface area contributed by atoms with E-state index in [1.807, 2.05) is 0 Å². The lowest BCUT2D eigenvalue weighted by Gasteiger charge is -2.12. The first-order valence-corrected chi connectivity index (χ1v) is 8.05. The summed E-state index contributed by atoms with van der Waals surface area (Å²) < 4.78 is 31.1. The summed E-state index contributed by atoms with van der Waals surface area (Å²) in [5.41, 5.74) is 1.31. The number of ether oxygens (including phenoxy) is 1. The Labute approximate surface area is 138 Å². The molecule has 1 amide bonds. The van der Waals surface area contributed by atoms with Crippen molar-refractivity contribution in [1.82, 2.24) is 0 Å². The highest BCUT2D eigenvalue weighted by Crippen LogP contribution is 2.21. The fraction of sp³-hybridized carbons (Fsp3) is 0.235. The van der Waals surface area contributed by atoms with Gasteiger partial charge in [-0.25, -0.2) is 8.78 Å². The maximum absolute atomic E-state index is 13.1. The Kier molecular flexibility index (Phi) is 5.98. The molecule has 0 saturated carbocycles. The molecule has 0 aliphatic heterocycles. The maximum Gasteiger partial charge on any atom is 0.237 e. The largest absolute Gasteiger partial charge is 0.497 e. The minimum absolute atomic E-state index is 0.150. The summed E-state index contributed by atoms with van der Waals surface area (Å²) in [5.74, 6) is -0.761. The van der Waals surface area contributed by atoms with Gasteiger partial charge < -0.3 is 10.1 Å². The number of hydrogen-bond donors (Lipinski definition) is 1. The minimum atomic E-state index is -0.876. The Balaban J connectivity index is 1.87. The number of rotatable bonds is 6. The Morgan fingerprint density at radius 1 is 1.17 bits per heavy atom. The maximum atomic E-state index is 13.1. The average Bonchev–Trinajstić information content (AvgIpc) is 2.56. The van der Waals surface area contributed by atoms with Crippen molar-refractivity contribution in [2.24, 2.45) is 0 Å². The van der Waals surface area contributed by atoms with Gasteiger partial charge in [-0.2, -0.15) is 0 Å². The van der Waals surface area contributed by atoms with Gasteiger partial charge in [0.25, 0.3) is 0 Å². The van der Waals surface area contributed by atoms with Crippen molar-refractivity contribution >= 4 is 23.4 Å². The van der Waals surface area contributed by atoms with Crippen LogP contribution in [0.2, 0.25) is 0 Å². The zero-order valence-corrected chi connectivity index (χ0v) is 13.6. The van der Waals surface area contributed by atoms with E-state index in [1.165, 1.54) is 17.8 Å². The number of carbonyl (C=O) groups is 1. The molecule has 0 aliphatic carbocycles. The summed E-state index contributed by atoms with van der Waals surface area (Å²) in [6, 6.07) is 10.8. The summed E-state index contributed by atoms with van der Waals surface area (Å²) in [7, 11) is 1.57. The Morgan fingerprint density at radius 3 is 2.48 bits per heavy atom. The molecule has 6 heteroatoms. The molecule has 0 radical (unpaired) electrons. The van der Waals surface area contributed by atoms with Crippen molar-refractivity contribution in [3.8, 4) is 5.75 Å². The zero-order chi connectivity index (χ0) is 16.8. The first-order chi connectivity index (χ1) is 11.0. The van der Waals surface area contributed by atoms with Crippen LogP contribution in [0.25, 0.3) is 0 Å². The molecule has 2 aromatic rings. The molecule has 0 fully saturated rings. The van der Waals surface area contributed by atoms with Crippen LogP contribution in [0.5, 0.6) is 5.75 Å². The van der Waals surface area contributed by atoms with Gasteiger partial charge in [-0.15, -0.1) is 11.8 Å². The van der Waals surface area contributed by atoms with E-state index >= 15 is 0 Å². The van der Waals surface area contributed by atoms with E-state index < -0.39 is 11.6 Å². The lowest BCUT2D eigenvalue weighted by Crippen LogP contribution is -2.22. The van der Waals surface area contributed by atoms with Gasteiger partial charge in [0, 0.05) is 11.4 Å². The SMILES string of the molecule is COc1ccc(NC(=O)C(C)SCc2ccc(F)c(F)c2)cc1. The second-order valence-corrected chi connectivity index (χ2v) is 6.25. The van der Waals surface area contributed by atoms with E-state index in [4.69, 9.17) is 4.74 Å². The van der Waals surface area contributed by atoms with Crippen molar-refractivity contribution in [1.29, 1.82) is 0 Å². The van der Waals surface area contributed by atoms with Crippen LogP contribution in [0, 0.1) is 11.6 Å². The number of thioether (sulfide) groups is 1. The van der Waals surface area contributed by atoms with E-state index in [1.54, 1.807) is 38.3 Å². The van der Waals surface area contributed by atoms with Crippen molar-refractivity contribution in [2.75, 3.05) is 12.4 Å². The normalized spacial score (nSPS) is 11.8. The summed E-state index contributed by atoms with van der Waals surface area (Å²) >= 11 is 1.35.